The van der Waals surface area contributed by atoms with Gasteiger partial charge in [0.25, 0.3) is 0 Å². The second-order valence-electron chi connectivity index (χ2n) is 4.57. The molecule has 0 saturated carbocycles. The molecule has 0 aliphatic carbocycles. The molecular formula is C15H11F2N3O2S. The Hall–Kier alpha value is -2.74. The Morgan fingerprint density at radius 3 is 2.83 bits per heavy atom. The fourth-order valence-electron chi connectivity index (χ4n) is 2.29. The lowest BCUT2D eigenvalue weighted by atomic mass is 10.1. The minimum Gasteiger partial charge on any atom is -0.452 e. The van der Waals surface area contributed by atoms with Crippen molar-refractivity contribution < 1.29 is 17.9 Å². The molecule has 0 amide bonds. The number of furan rings is 1. The number of thiocarbonyl (C=S) groups is 1. The molecule has 0 aliphatic rings. The van der Waals surface area contributed by atoms with Crippen LogP contribution in [0.3, 0.4) is 0 Å². The predicted octanol–water partition coefficient (Wildman–Crippen LogP) is 3.35. The molecule has 8 heteroatoms. The minimum absolute atomic E-state index is 0.0206. The van der Waals surface area contributed by atoms with Gasteiger partial charge in [-0.05, 0) is 30.4 Å². The Bertz CT molecular complexity index is 908. The summed E-state index contributed by atoms with van der Waals surface area (Å²) in [6.07, 6.45) is 1.48. The quantitative estimate of drug-likeness (QED) is 0.434. The third-order valence-electron chi connectivity index (χ3n) is 3.12. The Kier molecular flexibility index (Phi) is 4.07. The number of alkyl halides is 2. The van der Waals surface area contributed by atoms with Gasteiger partial charge in [0.05, 0.1) is 6.21 Å². The van der Waals surface area contributed by atoms with Gasteiger partial charge >= 0.3 is 6.61 Å². The lowest BCUT2D eigenvalue weighted by Crippen LogP contribution is -2.24. The zero-order chi connectivity index (χ0) is 16.4. The number of para-hydroxylation sites is 1. The van der Waals surface area contributed by atoms with Gasteiger partial charge in [0.15, 0.2) is 16.4 Å². The fourth-order valence-corrected chi connectivity index (χ4v) is 2.34. The van der Waals surface area contributed by atoms with Crippen molar-refractivity contribution in [2.24, 2.45) is 10.8 Å². The number of benzene rings is 2. The first-order chi connectivity index (χ1) is 11.1. The van der Waals surface area contributed by atoms with Crippen LogP contribution in [0.5, 0.6) is 5.75 Å². The summed E-state index contributed by atoms with van der Waals surface area (Å²) < 4.78 is 35.3. The Labute approximate surface area is 134 Å². The monoisotopic (exact) mass is 335 g/mol. The molecule has 118 valence electrons. The van der Waals surface area contributed by atoms with Crippen LogP contribution in [0.25, 0.3) is 21.9 Å². The van der Waals surface area contributed by atoms with Crippen LogP contribution in [0.4, 0.5) is 8.78 Å². The van der Waals surface area contributed by atoms with Gasteiger partial charge in [0.1, 0.15) is 5.58 Å². The number of hydrogen-bond acceptors (Lipinski definition) is 4. The summed E-state index contributed by atoms with van der Waals surface area (Å²) >= 11 is 4.67. The first kappa shape index (κ1) is 15.2. The Morgan fingerprint density at radius 2 is 2.09 bits per heavy atom. The standard InChI is InChI=1S/C15H11F2N3O2S/c16-14(17)22-11-6-5-8(7-19-20-15(18)23)12-9-3-1-2-4-10(9)21-13(11)12/h1-7,14H,(H3,18,20,23)/b19-7-. The molecule has 0 saturated heterocycles. The smallest absolute Gasteiger partial charge is 0.387 e. The number of rotatable bonds is 4. The molecule has 5 nitrogen and oxygen atoms in total. The van der Waals surface area contributed by atoms with Crippen LogP contribution in [0.1, 0.15) is 5.56 Å². The molecule has 0 atom stereocenters. The third-order valence-corrected chi connectivity index (χ3v) is 3.21. The van der Waals surface area contributed by atoms with E-state index in [1.807, 2.05) is 12.1 Å². The molecule has 3 rings (SSSR count). The predicted molar refractivity (Wildman–Crippen MR) is 87.9 cm³/mol. The van der Waals surface area contributed by atoms with Crippen LogP contribution in [0, 0.1) is 0 Å². The van der Waals surface area contributed by atoms with Crippen molar-refractivity contribution in [3.8, 4) is 5.75 Å². The largest absolute Gasteiger partial charge is 0.452 e. The first-order valence-electron chi connectivity index (χ1n) is 6.54. The zero-order valence-corrected chi connectivity index (χ0v) is 12.4. The van der Waals surface area contributed by atoms with E-state index in [9.17, 15) is 8.78 Å². The maximum absolute atomic E-state index is 12.6. The molecule has 1 heterocycles. The van der Waals surface area contributed by atoms with Gasteiger partial charge in [-0.3, -0.25) is 5.43 Å². The molecule has 0 unspecified atom stereocenters. The molecular weight excluding hydrogens is 324 g/mol. The number of nitrogens with two attached hydrogens (primary N) is 1. The number of nitrogens with zero attached hydrogens (tertiary/aromatic N) is 1. The van der Waals surface area contributed by atoms with Crippen molar-refractivity contribution in [2.75, 3.05) is 0 Å². The molecule has 23 heavy (non-hydrogen) atoms. The molecule has 3 aromatic rings. The van der Waals surface area contributed by atoms with Crippen molar-refractivity contribution in [1.29, 1.82) is 0 Å². The average molecular weight is 335 g/mol. The second kappa shape index (κ2) is 6.17. The van der Waals surface area contributed by atoms with Gasteiger partial charge in [-0.1, -0.05) is 18.2 Å². The summed E-state index contributed by atoms with van der Waals surface area (Å²) in [5.41, 5.74) is 9.18. The second-order valence-corrected chi connectivity index (χ2v) is 5.01. The van der Waals surface area contributed by atoms with Gasteiger partial charge in [-0.2, -0.15) is 13.9 Å². The third kappa shape index (κ3) is 3.07. The summed E-state index contributed by atoms with van der Waals surface area (Å²) in [6.45, 7) is -2.94. The lowest BCUT2D eigenvalue weighted by Gasteiger charge is -2.06. The number of hydrazone groups is 1. The van der Waals surface area contributed by atoms with E-state index in [4.69, 9.17) is 10.2 Å². The highest BCUT2D eigenvalue weighted by Crippen LogP contribution is 2.37. The lowest BCUT2D eigenvalue weighted by molar-refractivity contribution is -0.0493. The fraction of sp³-hybridized carbons (Fsp3) is 0.0667. The summed E-state index contributed by atoms with van der Waals surface area (Å²) in [5.74, 6) is -0.0364. The number of hydrogen-bond donors (Lipinski definition) is 2. The molecule has 0 spiro atoms. The molecule has 0 bridgehead atoms. The SMILES string of the molecule is NC(=S)N/N=C\c1ccc(OC(F)F)c2oc3ccccc3c12. The summed E-state index contributed by atoms with van der Waals surface area (Å²) in [7, 11) is 0. The van der Waals surface area contributed by atoms with Crippen LogP contribution in [-0.4, -0.2) is 17.9 Å². The van der Waals surface area contributed by atoms with E-state index in [-0.39, 0.29) is 16.4 Å². The van der Waals surface area contributed by atoms with Gasteiger partial charge in [0.2, 0.25) is 0 Å². The van der Waals surface area contributed by atoms with Crippen molar-refractivity contribution >= 4 is 45.5 Å². The number of halogens is 2. The Morgan fingerprint density at radius 1 is 1.30 bits per heavy atom. The maximum atomic E-state index is 12.6. The highest BCUT2D eigenvalue weighted by Gasteiger charge is 2.17. The van der Waals surface area contributed by atoms with E-state index in [0.29, 0.717) is 16.5 Å². The van der Waals surface area contributed by atoms with Crippen LogP contribution >= 0.6 is 12.2 Å². The van der Waals surface area contributed by atoms with E-state index in [2.05, 4.69) is 27.5 Å². The van der Waals surface area contributed by atoms with E-state index < -0.39 is 6.61 Å². The van der Waals surface area contributed by atoms with Crippen molar-refractivity contribution in [2.45, 2.75) is 6.61 Å². The molecule has 2 aromatic carbocycles. The minimum atomic E-state index is -2.94. The zero-order valence-electron chi connectivity index (χ0n) is 11.6. The summed E-state index contributed by atoms with van der Waals surface area (Å²) in [6, 6.07) is 10.2. The Balaban J connectivity index is 2.21. The maximum Gasteiger partial charge on any atom is 0.387 e. The average Bonchev–Trinajstić information content (AvgIpc) is 2.88. The van der Waals surface area contributed by atoms with Crippen LogP contribution in [0.2, 0.25) is 0 Å². The van der Waals surface area contributed by atoms with Gasteiger partial charge in [-0.25, -0.2) is 0 Å². The molecule has 1 aromatic heterocycles. The van der Waals surface area contributed by atoms with E-state index in [1.165, 1.54) is 12.3 Å². The molecule has 0 radical (unpaired) electrons. The summed E-state index contributed by atoms with van der Waals surface area (Å²) in [5, 5.41) is 5.30. The summed E-state index contributed by atoms with van der Waals surface area (Å²) in [4.78, 5) is 0. The van der Waals surface area contributed by atoms with E-state index >= 15 is 0 Å². The van der Waals surface area contributed by atoms with Crippen molar-refractivity contribution in [1.82, 2.24) is 5.43 Å². The number of nitrogens with one attached hydrogen (secondary N) is 1. The van der Waals surface area contributed by atoms with Crippen LogP contribution in [0.15, 0.2) is 45.9 Å². The first-order valence-corrected chi connectivity index (χ1v) is 6.94. The highest BCUT2D eigenvalue weighted by molar-refractivity contribution is 7.80. The van der Waals surface area contributed by atoms with Gasteiger partial charge in [0, 0.05) is 16.3 Å². The van der Waals surface area contributed by atoms with Gasteiger partial charge < -0.3 is 14.9 Å². The molecule has 0 fully saturated rings. The normalized spacial score (nSPS) is 11.6. The van der Waals surface area contributed by atoms with Crippen LogP contribution in [-0.2, 0) is 0 Å². The highest BCUT2D eigenvalue weighted by atomic mass is 32.1. The van der Waals surface area contributed by atoms with Crippen molar-refractivity contribution in [3.63, 3.8) is 0 Å². The molecule has 3 N–H and O–H groups in total. The molecule has 0 aliphatic heterocycles. The number of ether oxygens (including phenoxy) is 1. The van der Waals surface area contributed by atoms with Crippen LogP contribution < -0.4 is 15.9 Å². The van der Waals surface area contributed by atoms with Gasteiger partial charge in [-0.15, -0.1) is 0 Å². The van der Waals surface area contributed by atoms with E-state index in [1.54, 1.807) is 18.2 Å². The van der Waals surface area contributed by atoms with E-state index in [0.717, 1.165) is 5.39 Å². The van der Waals surface area contributed by atoms with Crippen molar-refractivity contribution in [3.05, 3.63) is 42.0 Å². The topological polar surface area (TPSA) is 72.8 Å². The number of fused-ring (bicyclic) bond motifs is 3.